The number of aliphatic hydroxyl groups excluding tert-OH is 1. The number of halogens is 3. The molecule has 0 heterocycles. The second kappa shape index (κ2) is 5.04. The predicted molar refractivity (Wildman–Crippen MR) is 66.6 cm³/mol. The molecule has 0 aliphatic heterocycles. The van der Waals surface area contributed by atoms with Gasteiger partial charge < -0.3 is 5.11 Å². The fourth-order valence-electron chi connectivity index (χ4n) is 1.77. The van der Waals surface area contributed by atoms with Crippen LogP contribution in [0.15, 0.2) is 36.4 Å². The molecule has 1 atom stereocenters. The molecule has 0 bridgehead atoms. The minimum Gasteiger partial charge on any atom is -0.384 e. The summed E-state index contributed by atoms with van der Waals surface area (Å²) in [4.78, 5) is 0. The number of benzene rings is 2. The van der Waals surface area contributed by atoms with Crippen molar-refractivity contribution in [2.45, 2.75) is 13.0 Å². The van der Waals surface area contributed by atoms with Crippen molar-refractivity contribution in [3.63, 3.8) is 0 Å². The molecule has 2 aromatic rings. The van der Waals surface area contributed by atoms with Crippen LogP contribution in [0.25, 0.3) is 0 Å². The average molecular weight is 269 g/mol. The average Bonchev–Trinajstić information content (AvgIpc) is 2.35. The first kappa shape index (κ1) is 13.0. The fraction of sp³-hybridized carbons (Fsp3) is 0.143. The Kier molecular flexibility index (Phi) is 3.64. The highest BCUT2D eigenvalue weighted by Crippen LogP contribution is 2.27. The van der Waals surface area contributed by atoms with Crippen LogP contribution in [-0.4, -0.2) is 5.11 Å². The van der Waals surface area contributed by atoms with Gasteiger partial charge in [0.05, 0.1) is 5.02 Å². The van der Waals surface area contributed by atoms with Crippen molar-refractivity contribution in [2.24, 2.45) is 0 Å². The Balaban J connectivity index is 2.44. The summed E-state index contributed by atoms with van der Waals surface area (Å²) >= 11 is 5.57. The van der Waals surface area contributed by atoms with Gasteiger partial charge in [0.1, 0.15) is 17.7 Å². The summed E-state index contributed by atoms with van der Waals surface area (Å²) in [6.45, 7) is 1.75. The third-order valence-corrected chi connectivity index (χ3v) is 3.10. The van der Waals surface area contributed by atoms with Crippen LogP contribution >= 0.6 is 11.6 Å². The van der Waals surface area contributed by atoms with E-state index in [1.165, 1.54) is 24.3 Å². The molecule has 0 fully saturated rings. The van der Waals surface area contributed by atoms with Gasteiger partial charge in [-0.1, -0.05) is 23.7 Å². The monoisotopic (exact) mass is 268 g/mol. The molecule has 0 spiro atoms. The SMILES string of the molecule is Cc1ccc(F)cc1C(O)c1ccc(Cl)c(F)c1. The van der Waals surface area contributed by atoms with E-state index in [4.69, 9.17) is 11.6 Å². The minimum absolute atomic E-state index is 0.0121. The molecule has 0 saturated carbocycles. The molecule has 94 valence electrons. The molecule has 2 rings (SSSR count). The van der Waals surface area contributed by atoms with Crippen LogP contribution in [0, 0.1) is 18.6 Å². The highest BCUT2D eigenvalue weighted by atomic mass is 35.5. The lowest BCUT2D eigenvalue weighted by Gasteiger charge is -2.14. The van der Waals surface area contributed by atoms with Gasteiger partial charge in [-0.15, -0.1) is 0 Å². The van der Waals surface area contributed by atoms with Crippen LogP contribution in [0.4, 0.5) is 8.78 Å². The van der Waals surface area contributed by atoms with E-state index in [1.807, 2.05) is 0 Å². The summed E-state index contributed by atoms with van der Waals surface area (Å²) in [6.07, 6.45) is -1.08. The molecule has 0 aliphatic rings. The van der Waals surface area contributed by atoms with Crippen molar-refractivity contribution >= 4 is 11.6 Å². The van der Waals surface area contributed by atoms with E-state index >= 15 is 0 Å². The molecule has 0 saturated heterocycles. The maximum absolute atomic E-state index is 13.3. The van der Waals surface area contributed by atoms with Crippen molar-refractivity contribution in [1.29, 1.82) is 0 Å². The van der Waals surface area contributed by atoms with Crippen LogP contribution in [-0.2, 0) is 0 Å². The first-order valence-electron chi connectivity index (χ1n) is 5.38. The molecule has 18 heavy (non-hydrogen) atoms. The Bertz CT molecular complexity index is 584. The zero-order chi connectivity index (χ0) is 13.3. The maximum Gasteiger partial charge on any atom is 0.142 e. The van der Waals surface area contributed by atoms with Crippen LogP contribution in [0.1, 0.15) is 22.8 Å². The number of aryl methyl sites for hydroxylation is 1. The van der Waals surface area contributed by atoms with Crippen LogP contribution in [0.3, 0.4) is 0 Å². The zero-order valence-electron chi connectivity index (χ0n) is 9.62. The van der Waals surface area contributed by atoms with Crippen molar-refractivity contribution in [2.75, 3.05) is 0 Å². The molecule has 1 unspecified atom stereocenters. The summed E-state index contributed by atoms with van der Waals surface area (Å²) in [5.74, 6) is -1.05. The Morgan fingerprint density at radius 2 is 1.83 bits per heavy atom. The first-order chi connectivity index (χ1) is 8.49. The molecule has 0 radical (unpaired) electrons. The van der Waals surface area contributed by atoms with Crippen LogP contribution < -0.4 is 0 Å². The quantitative estimate of drug-likeness (QED) is 0.873. The molecular weight excluding hydrogens is 258 g/mol. The summed E-state index contributed by atoms with van der Waals surface area (Å²) in [5, 5.41) is 10.1. The number of rotatable bonds is 2. The predicted octanol–water partition coefficient (Wildman–Crippen LogP) is 4.01. The Labute approximate surface area is 109 Å². The largest absolute Gasteiger partial charge is 0.384 e. The van der Waals surface area contributed by atoms with E-state index in [9.17, 15) is 13.9 Å². The van der Waals surface area contributed by atoms with E-state index in [1.54, 1.807) is 13.0 Å². The molecule has 4 heteroatoms. The molecule has 1 nitrogen and oxygen atoms in total. The standard InChI is InChI=1S/C14H11ClF2O/c1-8-2-4-10(16)7-11(8)14(18)9-3-5-12(15)13(17)6-9/h2-7,14,18H,1H3. The second-order valence-corrected chi connectivity index (χ2v) is 4.48. The summed E-state index contributed by atoms with van der Waals surface area (Å²) in [7, 11) is 0. The van der Waals surface area contributed by atoms with Gasteiger partial charge in [0, 0.05) is 0 Å². The molecule has 0 aromatic heterocycles. The van der Waals surface area contributed by atoms with E-state index in [2.05, 4.69) is 0 Å². The molecular formula is C14H11ClF2O. The maximum atomic E-state index is 13.3. The number of aliphatic hydroxyl groups is 1. The fourth-order valence-corrected chi connectivity index (χ4v) is 1.89. The smallest absolute Gasteiger partial charge is 0.142 e. The Hall–Kier alpha value is -1.45. The van der Waals surface area contributed by atoms with E-state index in [0.717, 1.165) is 11.6 Å². The first-order valence-corrected chi connectivity index (χ1v) is 5.76. The van der Waals surface area contributed by atoms with Gasteiger partial charge in [-0.05, 0) is 47.9 Å². The minimum atomic E-state index is -1.08. The number of hydrogen-bond donors (Lipinski definition) is 1. The number of hydrogen-bond acceptors (Lipinski definition) is 1. The summed E-state index contributed by atoms with van der Waals surface area (Å²) < 4.78 is 26.5. The Morgan fingerprint density at radius 1 is 1.11 bits per heavy atom. The summed E-state index contributed by atoms with van der Waals surface area (Å²) in [5.41, 5.74) is 1.49. The lowest BCUT2D eigenvalue weighted by Crippen LogP contribution is -2.03. The topological polar surface area (TPSA) is 20.2 Å². The molecule has 0 amide bonds. The van der Waals surface area contributed by atoms with Crippen LogP contribution in [0.5, 0.6) is 0 Å². The third kappa shape index (κ3) is 2.52. The molecule has 2 aromatic carbocycles. The van der Waals surface area contributed by atoms with Crippen molar-refractivity contribution in [3.8, 4) is 0 Å². The third-order valence-electron chi connectivity index (χ3n) is 2.80. The molecule has 1 N–H and O–H groups in total. The van der Waals surface area contributed by atoms with Crippen molar-refractivity contribution < 1.29 is 13.9 Å². The van der Waals surface area contributed by atoms with E-state index < -0.39 is 17.7 Å². The van der Waals surface area contributed by atoms with Gasteiger partial charge in [0.25, 0.3) is 0 Å². The van der Waals surface area contributed by atoms with Gasteiger partial charge in [-0.3, -0.25) is 0 Å². The van der Waals surface area contributed by atoms with Gasteiger partial charge in [0.2, 0.25) is 0 Å². The van der Waals surface area contributed by atoms with Gasteiger partial charge >= 0.3 is 0 Å². The zero-order valence-corrected chi connectivity index (χ0v) is 10.4. The van der Waals surface area contributed by atoms with Gasteiger partial charge in [-0.25, -0.2) is 8.78 Å². The van der Waals surface area contributed by atoms with E-state index in [0.29, 0.717) is 11.1 Å². The second-order valence-electron chi connectivity index (χ2n) is 4.08. The van der Waals surface area contributed by atoms with Crippen molar-refractivity contribution in [3.05, 3.63) is 69.7 Å². The van der Waals surface area contributed by atoms with Gasteiger partial charge in [0.15, 0.2) is 0 Å². The highest BCUT2D eigenvalue weighted by molar-refractivity contribution is 6.30. The van der Waals surface area contributed by atoms with Crippen LogP contribution in [0.2, 0.25) is 5.02 Å². The lowest BCUT2D eigenvalue weighted by atomic mass is 9.97. The lowest BCUT2D eigenvalue weighted by molar-refractivity contribution is 0.218. The summed E-state index contributed by atoms with van der Waals surface area (Å²) in [6, 6.07) is 8.16. The van der Waals surface area contributed by atoms with Gasteiger partial charge in [-0.2, -0.15) is 0 Å². The highest BCUT2D eigenvalue weighted by Gasteiger charge is 2.15. The normalized spacial score (nSPS) is 12.5. The van der Waals surface area contributed by atoms with E-state index in [-0.39, 0.29) is 5.02 Å². The Morgan fingerprint density at radius 3 is 2.50 bits per heavy atom. The van der Waals surface area contributed by atoms with Crippen molar-refractivity contribution in [1.82, 2.24) is 0 Å². The molecule has 0 aliphatic carbocycles.